The number of hydrogen-bond donors (Lipinski definition) is 0. The van der Waals surface area contributed by atoms with E-state index in [0.717, 1.165) is 117 Å². The number of aromatic nitrogens is 5. The third kappa shape index (κ3) is 7.07. The molecule has 5 heterocycles. The molecule has 5 aromatic heterocycles. The summed E-state index contributed by atoms with van der Waals surface area (Å²) >= 11 is 0. The highest BCUT2D eigenvalue weighted by Gasteiger charge is 2.24. The molecule has 79 heavy (non-hydrogen) atoms. The summed E-state index contributed by atoms with van der Waals surface area (Å²) in [5, 5.41) is 9.12. The lowest BCUT2D eigenvalue weighted by atomic mass is 10.1. The standard InChI is InChI=1S/C72H47N7/c1-4-22-50(23-5-1)77-63-30-12-10-28-57(63)59-44-53(34-38-65(59)77)75(69-32-14-18-48-20-16-42-73-71(48)69)55-36-40-67-61(46-55)62-47-56(37-41-68(62)79(67)52-26-8-3-9-27-52)76(70-33-15-19-49-21-17-43-74-72(49)70)54-35-39-66-60(45-54)58-29-11-13-31-64(58)78(66)51-24-6-2-7-25-51/h1-47H. The molecule has 0 N–H and O–H groups in total. The first kappa shape index (κ1) is 44.5. The summed E-state index contributed by atoms with van der Waals surface area (Å²) in [6.07, 6.45) is 3.80. The van der Waals surface area contributed by atoms with Crippen LogP contribution in [0.25, 0.3) is 104 Å². The molecule has 7 heteroatoms. The van der Waals surface area contributed by atoms with Gasteiger partial charge in [0.05, 0.1) is 55.5 Å². The number of hydrogen-bond acceptors (Lipinski definition) is 4. The molecule has 0 spiro atoms. The molecule has 0 bridgehead atoms. The molecule has 0 fully saturated rings. The van der Waals surface area contributed by atoms with E-state index in [4.69, 9.17) is 9.97 Å². The first-order valence-electron chi connectivity index (χ1n) is 26.8. The van der Waals surface area contributed by atoms with Gasteiger partial charge in [0.15, 0.2) is 0 Å². The van der Waals surface area contributed by atoms with Crippen molar-refractivity contribution in [3.05, 3.63) is 285 Å². The molecule has 7 nitrogen and oxygen atoms in total. The SMILES string of the molecule is c1ccc(-n2c3ccccc3c3cc(N(c4ccc5c(c4)c4cc(N(c6ccc7c(c6)c6ccccc6n7-c6ccccc6)c6cccc7cccnc67)ccc4n5-c4ccccc4)c4cccc5cccnc45)ccc32)cc1. The van der Waals surface area contributed by atoms with Crippen LogP contribution in [0.5, 0.6) is 0 Å². The zero-order valence-electron chi connectivity index (χ0n) is 42.8. The van der Waals surface area contributed by atoms with Gasteiger partial charge in [-0.2, -0.15) is 0 Å². The molecule has 0 aliphatic carbocycles. The topological polar surface area (TPSA) is 47.0 Å². The normalized spacial score (nSPS) is 11.8. The molecule has 16 aromatic rings. The minimum absolute atomic E-state index is 0.925. The van der Waals surface area contributed by atoms with Gasteiger partial charge in [0.2, 0.25) is 0 Å². The first-order chi connectivity index (χ1) is 39.2. The minimum atomic E-state index is 0.925. The maximum Gasteiger partial charge on any atom is 0.0942 e. The van der Waals surface area contributed by atoms with Gasteiger partial charge in [0.1, 0.15) is 0 Å². The average Bonchev–Trinajstić information content (AvgIpc) is 4.37. The summed E-state index contributed by atoms with van der Waals surface area (Å²) in [5.74, 6) is 0. The van der Waals surface area contributed by atoms with Crippen molar-refractivity contribution in [2.45, 2.75) is 0 Å². The van der Waals surface area contributed by atoms with Crippen LogP contribution in [0.2, 0.25) is 0 Å². The van der Waals surface area contributed by atoms with Crippen LogP contribution >= 0.6 is 0 Å². The second-order valence-electron chi connectivity index (χ2n) is 20.2. The number of anilines is 6. The van der Waals surface area contributed by atoms with Crippen molar-refractivity contribution in [2.24, 2.45) is 0 Å². The highest BCUT2D eigenvalue weighted by atomic mass is 15.2. The second kappa shape index (κ2) is 17.9. The van der Waals surface area contributed by atoms with E-state index in [0.29, 0.717) is 0 Å². The molecule has 0 saturated carbocycles. The summed E-state index contributed by atoms with van der Waals surface area (Å²) in [4.78, 5) is 14.9. The maximum absolute atomic E-state index is 5.07. The van der Waals surface area contributed by atoms with Gasteiger partial charge < -0.3 is 23.5 Å². The average molecular weight is 1010 g/mol. The second-order valence-corrected chi connectivity index (χ2v) is 20.2. The molecule has 370 valence electrons. The van der Waals surface area contributed by atoms with Crippen molar-refractivity contribution in [1.82, 2.24) is 23.7 Å². The molecule has 0 aliphatic heterocycles. The molecular formula is C72H47N7. The Balaban J connectivity index is 0.947. The van der Waals surface area contributed by atoms with Crippen LogP contribution in [0.1, 0.15) is 0 Å². The summed E-state index contributed by atoms with van der Waals surface area (Å²) in [7, 11) is 0. The van der Waals surface area contributed by atoms with Gasteiger partial charge in [-0.05, 0) is 146 Å². The summed E-state index contributed by atoms with van der Waals surface area (Å²) < 4.78 is 7.15. The Morgan fingerprint density at radius 1 is 0.241 bits per heavy atom. The van der Waals surface area contributed by atoms with Crippen molar-refractivity contribution in [3.8, 4) is 17.1 Å². The monoisotopic (exact) mass is 1010 g/mol. The van der Waals surface area contributed by atoms with Crippen molar-refractivity contribution in [3.63, 3.8) is 0 Å². The Labute approximate surface area is 455 Å². The molecule has 16 rings (SSSR count). The van der Waals surface area contributed by atoms with E-state index in [9.17, 15) is 0 Å². The van der Waals surface area contributed by atoms with E-state index in [-0.39, 0.29) is 0 Å². The molecule has 0 saturated heterocycles. The molecule has 0 unspecified atom stereocenters. The highest BCUT2D eigenvalue weighted by molar-refractivity contribution is 6.15. The number of para-hydroxylation sites is 7. The summed E-state index contributed by atoms with van der Waals surface area (Å²) in [6, 6.07) is 98.5. The first-order valence-corrected chi connectivity index (χ1v) is 26.8. The molecule has 11 aromatic carbocycles. The Morgan fingerprint density at radius 2 is 0.544 bits per heavy atom. The lowest BCUT2D eigenvalue weighted by molar-refractivity contribution is 1.18. The number of fused-ring (bicyclic) bond motifs is 11. The number of rotatable bonds is 9. The van der Waals surface area contributed by atoms with Gasteiger partial charge in [-0.15, -0.1) is 0 Å². The Bertz CT molecular complexity index is 4730. The predicted molar refractivity (Wildman–Crippen MR) is 329 cm³/mol. The van der Waals surface area contributed by atoms with Crippen LogP contribution in [0, 0.1) is 0 Å². The summed E-state index contributed by atoms with van der Waals surface area (Å²) in [6.45, 7) is 0. The Kier molecular flexibility index (Phi) is 10.1. The van der Waals surface area contributed by atoms with Crippen molar-refractivity contribution in [2.75, 3.05) is 9.80 Å². The van der Waals surface area contributed by atoms with Crippen LogP contribution in [-0.4, -0.2) is 23.7 Å². The third-order valence-electron chi connectivity index (χ3n) is 15.8. The van der Waals surface area contributed by atoms with E-state index < -0.39 is 0 Å². The fourth-order valence-electron chi connectivity index (χ4n) is 12.4. The van der Waals surface area contributed by atoms with Crippen molar-refractivity contribution >= 4 is 121 Å². The van der Waals surface area contributed by atoms with E-state index in [1.54, 1.807) is 0 Å². The fourth-order valence-corrected chi connectivity index (χ4v) is 12.4. The molecular weight excluding hydrogens is 963 g/mol. The van der Waals surface area contributed by atoms with Crippen LogP contribution in [0.15, 0.2) is 285 Å². The minimum Gasteiger partial charge on any atom is -0.309 e. The van der Waals surface area contributed by atoms with Crippen LogP contribution in [-0.2, 0) is 0 Å². The number of pyridine rings is 2. The number of nitrogens with zero attached hydrogens (tertiary/aromatic N) is 7. The van der Waals surface area contributed by atoms with E-state index in [1.165, 1.54) is 21.5 Å². The third-order valence-corrected chi connectivity index (χ3v) is 15.8. The van der Waals surface area contributed by atoms with Gasteiger partial charge in [0, 0.05) is 95.3 Å². The largest absolute Gasteiger partial charge is 0.309 e. The van der Waals surface area contributed by atoms with E-state index >= 15 is 0 Å². The zero-order chi connectivity index (χ0) is 52.0. The van der Waals surface area contributed by atoms with Crippen LogP contribution in [0.3, 0.4) is 0 Å². The van der Waals surface area contributed by atoms with E-state index in [1.807, 2.05) is 24.5 Å². The van der Waals surface area contributed by atoms with Crippen molar-refractivity contribution in [1.29, 1.82) is 0 Å². The van der Waals surface area contributed by atoms with Crippen molar-refractivity contribution < 1.29 is 0 Å². The Morgan fingerprint density at radius 3 is 0.911 bits per heavy atom. The predicted octanol–water partition coefficient (Wildman–Crippen LogP) is 19.0. The fraction of sp³-hybridized carbons (Fsp3) is 0. The molecule has 0 aliphatic rings. The van der Waals surface area contributed by atoms with Gasteiger partial charge in [-0.1, -0.05) is 127 Å². The van der Waals surface area contributed by atoms with Crippen LogP contribution < -0.4 is 9.80 Å². The molecule has 0 radical (unpaired) electrons. The Hall–Kier alpha value is -10.8. The smallest absolute Gasteiger partial charge is 0.0942 e. The number of benzene rings is 11. The lowest BCUT2D eigenvalue weighted by Crippen LogP contribution is -2.11. The van der Waals surface area contributed by atoms with Gasteiger partial charge in [0.25, 0.3) is 0 Å². The van der Waals surface area contributed by atoms with Gasteiger partial charge >= 0.3 is 0 Å². The van der Waals surface area contributed by atoms with E-state index in [2.05, 4.69) is 284 Å². The summed E-state index contributed by atoms with van der Waals surface area (Å²) in [5.41, 5.74) is 18.1. The maximum atomic E-state index is 5.07. The zero-order valence-corrected chi connectivity index (χ0v) is 42.8. The highest BCUT2D eigenvalue weighted by Crippen LogP contribution is 2.47. The van der Waals surface area contributed by atoms with Crippen LogP contribution in [0.4, 0.5) is 34.1 Å². The van der Waals surface area contributed by atoms with Gasteiger partial charge in [-0.25, -0.2) is 0 Å². The molecule has 0 atom stereocenters. The van der Waals surface area contributed by atoms with Gasteiger partial charge in [-0.3, -0.25) is 9.97 Å². The molecule has 0 amide bonds. The lowest BCUT2D eigenvalue weighted by Gasteiger charge is -2.27. The quantitative estimate of drug-likeness (QED) is 0.145.